The SMILES string of the molecule is Cc1ccc(-c2nn(C)cc2-c2nnc(SCC(=O)Nc3ccc(C)c(C)c3)n2C)cc1. The van der Waals surface area contributed by atoms with Gasteiger partial charge in [-0.15, -0.1) is 10.2 Å². The molecule has 0 bridgehead atoms. The molecule has 0 spiro atoms. The van der Waals surface area contributed by atoms with Gasteiger partial charge in [0.1, 0.15) is 5.69 Å². The first-order valence-electron chi connectivity index (χ1n) is 10.3. The van der Waals surface area contributed by atoms with Crippen LogP contribution in [-0.2, 0) is 18.9 Å². The molecule has 0 aliphatic rings. The summed E-state index contributed by atoms with van der Waals surface area (Å²) in [6.45, 7) is 6.14. The Hall–Kier alpha value is -3.39. The zero-order valence-electron chi connectivity index (χ0n) is 18.9. The van der Waals surface area contributed by atoms with Crippen molar-refractivity contribution in [2.24, 2.45) is 14.1 Å². The summed E-state index contributed by atoms with van der Waals surface area (Å²) >= 11 is 1.36. The summed E-state index contributed by atoms with van der Waals surface area (Å²) in [7, 11) is 3.80. The topological polar surface area (TPSA) is 77.6 Å². The van der Waals surface area contributed by atoms with Crippen LogP contribution in [0.2, 0.25) is 0 Å². The van der Waals surface area contributed by atoms with Crippen LogP contribution in [-0.4, -0.2) is 36.2 Å². The molecule has 4 rings (SSSR count). The average molecular weight is 447 g/mol. The van der Waals surface area contributed by atoms with E-state index in [-0.39, 0.29) is 11.7 Å². The Morgan fingerprint density at radius 3 is 2.47 bits per heavy atom. The Balaban J connectivity index is 1.50. The highest BCUT2D eigenvalue weighted by molar-refractivity contribution is 7.99. The zero-order chi connectivity index (χ0) is 22.8. The summed E-state index contributed by atoms with van der Waals surface area (Å²) in [6.07, 6.45) is 1.94. The van der Waals surface area contributed by atoms with Gasteiger partial charge in [0.05, 0.1) is 11.3 Å². The fourth-order valence-corrected chi connectivity index (χ4v) is 4.11. The first-order valence-corrected chi connectivity index (χ1v) is 11.3. The van der Waals surface area contributed by atoms with Gasteiger partial charge in [0.15, 0.2) is 11.0 Å². The van der Waals surface area contributed by atoms with E-state index >= 15 is 0 Å². The van der Waals surface area contributed by atoms with Crippen LogP contribution in [0.15, 0.2) is 53.8 Å². The number of rotatable bonds is 6. The minimum Gasteiger partial charge on any atom is -0.325 e. The average Bonchev–Trinajstić information content (AvgIpc) is 3.32. The number of aryl methyl sites for hydroxylation is 4. The number of nitrogens with one attached hydrogen (secondary N) is 1. The van der Waals surface area contributed by atoms with Gasteiger partial charge >= 0.3 is 0 Å². The van der Waals surface area contributed by atoms with E-state index in [1.807, 2.05) is 50.0 Å². The van der Waals surface area contributed by atoms with Crippen LogP contribution in [0.3, 0.4) is 0 Å². The number of anilines is 1. The molecule has 1 amide bonds. The van der Waals surface area contributed by atoms with Crippen LogP contribution in [0.5, 0.6) is 0 Å². The molecule has 2 aromatic carbocycles. The minimum atomic E-state index is -0.0791. The van der Waals surface area contributed by atoms with Crippen molar-refractivity contribution in [3.63, 3.8) is 0 Å². The molecular weight excluding hydrogens is 420 g/mol. The Bertz CT molecular complexity index is 1270. The molecule has 164 valence electrons. The van der Waals surface area contributed by atoms with Crippen LogP contribution in [0.1, 0.15) is 16.7 Å². The molecule has 4 aromatic rings. The molecule has 2 aromatic heterocycles. The second-order valence-corrected chi connectivity index (χ2v) is 8.87. The highest BCUT2D eigenvalue weighted by Gasteiger charge is 2.19. The molecule has 0 fully saturated rings. The predicted molar refractivity (Wildman–Crippen MR) is 129 cm³/mol. The van der Waals surface area contributed by atoms with Crippen LogP contribution in [0.25, 0.3) is 22.6 Å². The Morgan fingerprint density at radius 2 is 1.75 bits per heavy atom. The van der Waals surface area contributed by atoms with E-state index in [1.54, 1.807) is 4.68 Å². The third kappa shape index (κ3) is 4.60. The van der Waals surface area contributed by atoms with E-state index in [0.717, 1.165) is 28.1 Å². The minimum absolute atomic E-state index is 0.0791. The normalized spacial score (nSPS) is 11.0. The molecule has 0 saturated heterocycles. The van der Waals surface area contributed by atoms with Crippen molar-refractivity contribution in [1.29, 1.82) is 0 Å². The van der Waals surface area contributed by atoms with Crippen molar-refractivity contribution in [3.05, 3.63) is 65.4 Å². The number of carbonyl (C=O) groups is 1. The third-order valence-electron chi connectivity index (χ3n) is 5.35. The summed E-state index contributed by atoms with van der Waals surface area (Å²) in [4.78, 5) is 12.4. The maximum absolute atomic E-state index is 12.4. The maximum atomic E-state index is 12.4. The lowest BCUT2D eigenvalue weighted by molar-refractivity contribution is -0.113. The van der Waals surface area contributed by atoms with Crippen LogP contribution in [0, 0.1) is 20.8 Å². The van der Waals surface area contributed by atoms with Gasteiger partial charge in [0, 0.05) is 31.5 Å². The van der Waals surface area contributed by atoms with Gasteiger partial charge in [0.25, 0.3) is 0 Å². The molecule has 2 heterocycles. The van der Waals surface area contributed by atoms with Gasteiger partial charge in [-0.1, -0.05) is 47.7 Å². The number of benzene rings is 2. The van der Waals surface area contributed by atoms with Gasteiger partial charge < -0.3 is 9.88 Å². The monoisotopic (exact) mass is 446 g/mol. The number of aromatic nitrogens is 5. The van der Waals surface area contributed by atoms with Crippen molar-refractivity contribution < 1.29 is 4.79 Å². The highest BCUT2D eigenvalue weighted by atomic mass is 32.2. The van der Waals surface area contributed by atoms with Gasteiger partial charge in [-0.3, -0.25) is 9.48 Å². The largest absolute Gasteiger partial charge is 0.325 e. The maximum Gasteiger partial charge on any atom is 0.234 e. The molecule has 0 atom stereocenters. The smallest absolute Gasteiger partial charge is 0.234 e. The van der Waals surface area contributed by atoms with Crippen molar-refractivity contribution in [2.75, 3.05) is 11.1 Å². The molecule has 7 nitrogen and oxygen atoms in total. The zero-order valence-corrected chi connectivity index (χ0v) is 19.7. The molecule has 0 unspecified atom stereocenters. The standard InChI is InChI=1S/C24H26N6OS/c1-15-6-9-18(10-7-15)22-20(13-29(4)28-22)23-26-27-24(30(23)5)32-14-21(31)25-19-11-8-16(2)17(3)12-19/h6-13H,14H2,1-5H3,(H,25,31). The van der Waals surface area contributed by atoms with E-state index in [2.05, 4.69) is 58.7 Å². The molecule has 32 heavy (non-hydrogen) atoms. The second kappa shape index (κ2) is 9.00. The van der Waals surface area contributed by atoms with Crippen molar-refractivity contribution in [3.8, 4) is 22.6 Å². The van der Waals surface area contributed by atoms with E-state index < -0.39 is 0 Å². The number of hydrogen-bond donors (Lipinski definition) is 1. The Morgan fingerprint density at radius 1 is 1.00 bits per heavy atom. The number of amides is 1. The number of hydrogen-bond acceptors (Lipinski definition) is 5. The fraction of sp³-hybridized carbons (Fsp3) is 0.250. The van der Waals surface area contributed by atoms with Crippen molar-refractivity contribution in [1.82, 2.24) is 24.5 Å². The molecule has 0 aliphatic heterocycles. The van der Waals surface area contributed by atoms with Gasteiger partial charge in [0.2, 0.25) is 5.91 Å². The van der Waals surface area contributed by atoms with E-state index in [0.29, 0.717) is 11.0 Å². The summed E-state index contributed by atoms with van der Waals surface area (Å²) in [5.41, 5.74) is 7.12. The van der Waals surface area contributed by atoms with Crippen molar-refractivity contribution >= 4 is 23.4 Å². The van der Waals surface area contributed by atoms with Gasteiger partial charge in [-0.25, -0.2) is 0 Å². The molecule has 0 radical (unpaired) electrons. The van der Waals surface area contributed by atoms with Gasteiger partial charge in [-0.2, -0.15) is 5.10 Å². The summed E-state index contributed by atoms with van der Waals surface area (Å²) < 4.78 is 3.69. The molecular formula is C24H26N6OS. The van der Waals surface area contributed by atoms with E-state index in [1.165, 1.54) is 22.9 Å². The number of thioether (sulfide) groups is 1. The van der Waals surface area contributed by atoms with Gasteiger partial charge in [-0.05, 0) is 44.0 Å². The first kappa shape index (κ1) is 21.8. The quantitative estimate of drug-likeness (QED) is 0.440. The molecule has 0 saturated carbocycles. The van der Waals surface area contributed by atoms with Crippen LogP contribution < -0.4 is 5.32 Å². The van der Waals surface area contributed by atoms with E-state index in [4.69, 9.17) is 0 Å². The lowest BCUT2D eigenvalue weighted by Crippen LogP contribution is -2.14. The fourth-order valence-electron chi connectivity index (χ4n) is 3.40. The van der Waals surface area contributed by atoms with Crippen molar-refractivity contribution in [2.45, 2.75) is 25.9 Å². The Kier molecular flexibility index (Phi) is 6.14. The molecule has 8 heteroatoms. The van der Waals surface area contributed by atoms with Crippen LogP contribution >= 0.6 is 11.8 Å². The summed E-state index contributed by atoms with van der Waals surface area (Å²) in [5.74, 6) is 0.881. The lowest BCUT2D eigenvalue weighted by atomic mass is 10.1. The lowest BCUT2D eigenvalue weighted by Gasteiger charge is -2.08. The number of carbonyl (C=O) groups excluding carboxylic acids is 1. The summed E-state index contributed by atoms with van der Waals surface area (Å²) in [6, 6.07) is 14.2. The van der Waals surface area contributed by atoms with Crippen LogP contribution in [0.4, 0.5) is 5.69 Å². The molecule has 0 aliphatic carbocycles. The summed E-state index contributed by atoms with van der Waals surface area (Å²) in [5, 5.41) is 17.0. The molecule has 1 N–H and O–H groups in total. The first-order chi connectivity index (χ1) is 15.3. The Labute approximate surface area is 191 Å². The predicted octanol–water partition coefficient (Wildman–Crippen LogP) is 4.54. The third-order valence-corrected chi connectivity index (χ3v) is 6.37. The highest BCUT2D eigenvalue weighted by Crippen LogP contribution is 2.31. The second-order valence-electron chi connectivity index (χ2n) is 7.93. The number of nitrogens with zero attached hydrogens (tertiary/aromatic N) is 5. The van der Waals surface area contributed by atoms with E-state index in [9.17, 15) is 4.79 Å².